The van der Waals surface area contributed by atoms with Gasteiger partial charge in [-0.15, -0.1) is 0 Å². The van der Waals surface area contributed by atoms with Gasteiger partial charge in [0.1, 0.15) is 11.5 Å². The van der Waals surface area contributed by atoms with E-state index in [1.54, 1.807) is 18.2 Å². The van der Waals surface area contributed by atoms with Crippen molar-refractivity contribution in [2.75, 3.05) is 12.0 Å². The monoisotopic (exact) mass is 262 g/mol. The molecule has 1 saturated carbocycles. The second-order valence-corrected chi connectivity index (χ2v) is 5.46. The Morgan fingerprint density at radius 3 is 2.84 bits per heavy atom. The van der Waals surface area contributed by atoms with E-state index in [4.69, 9.17) is 5.84 Å². The molecule has 104 valence electrons. The Morgan fingerprint density at radius 2 is 2.26 bits per heavy atom. The van der Waals surface area contributed by atoms with Crippen molar-refractivity contribution >= 4 is 11.7 Å². The number of carbonyl (C=O) groups is 1. The first kappa shape index (κ1) is 13.8. The number of nitrogens with two attached hydrogens (primary N) is 1. The Morgan fingerprint density at radius 1 is 1.53 bits per heavy atom. The van der Waals surface area contributed by atoms with Crippen LogP contribution in [0.2, 0.25) is 0 Å². The SMILES string of the molecule is CC(C)CCN(C(=O)c1cccc(NN)n1)C1CC1. The van der Waals surface area contributed by atoms with Crippen LogP contribution in [-0.2, 0) is 0 Å². The van der Waals surface area contributed by atoms with Crippen molar-refractivity contribution in [3.63, 3.8) is 0 Å². The Hall–Kier alpha value is -1.62. The van der Waals surface area contributed by atoms with Crippen LogP contribution in [0.4, 0.5) is 5.82 Å². The number of pyridine rings is 1. The summed E-state index contributed by atoms with van der Waals surface area (Å²) in [5.74, 6) is 6.46. The third-order valence-corrected chi connectivity index (χ3v) is 3.31. The molecule has 1 aromatic rings. The summed E-state index contributed by atoms with van der Waals surface area (Å²) < 4.78 is 0. The highest BCUT2D eigenvalue weighted by Gasteiger charge is 2.33. The fraction of sp³-hybridized carbons (Fsp3) is 0.571. The van der Waals surface area contributed by atoms with Crippen LogP contribution in [0.1, 0.15) is 43.6 Å². The molecule has 0 aromatic carbocycles. The van der Waals surface area contributed by atoms with Crippen molar-refractivity contribution in [2.24, 2.45) is 11.8 Å². The van der Waals surface area contributed by atoms with Gasteiger partial charge in [0.05, 0.1) is 0 Å². The summed E-state index contributed by atoms with van der Waals surface area (Å²) in [6, 6.07) is 5.69. The number of nitrogens with zero attached hydrogens (tertiary/aromatic N) is 2. The number of nitrogens with one attached hydrogen (secondary N) is 1. The van der Waals surface area contributed by atoms with E-state index in [9.17, 15) is 4.79 Å². The molecule has 0 aliphatic heterocycles. The van der Waals surface area contributed by atoms with Crippen LogP contribution in [-0.4, -0.2) is 28.4 Å². The molecule has 2 rings (SSSR count). The fourth-order valence-electron chi connectivity index (χ4n) is 2.01. The molecular formula is C14H22N4O. The second-order valence-electron chi connectivity index (χ2n) is 5.46. The number of nitrogen functional groups attached to an aromatic ring is 1. The zero-order valence-corrected chi connectivity index (χ0v) is 11.6. The van der Waals surface area contributed by atoms with E-state index in [2.05, 4.69) is 24.3 Å². The minimum absolute atomic E-state index is 0.0141. The van der Waals surface area contributed by atoms with Crippen LogP contribution in [0.15, 0.2) is 18.2 Å². The molecule has 0 atom stereocenters. The lowest BCUT2D eigenvalue weighted by molar-refractivity contribution is 0.0729. The van der Waals surface area contributed by atoms with Gasteiger partial charge in [-0.05, 0) is 37.3 Å². The van der Waals surface area contributed by atoms with Gasteiger partial charge in [-0.25, -0.2) is 10.8 Å². The standard InChI is InChI=1S/C14H22N4O/c1-10(2)8-9-18(11-6-7-11)14(19)12-4-3-5-13(16-12)17-15/h3-5,10-11H,6-9,15H2,1-2H3,(H,16,17). The molecule has 0 spiro atoms. The van der Waals surface area contributed by atoms with E-state index in [1.165, 1.54) is 0 Å². The van der Waals surface area contributed by atoms with Gasteiger partial charge in [-0.2, -0.15) is 0 Å². The molecule has 0 radical (unpaired) electrons. The van der Waals surface area contributed by atoms with Crippen LogP contribution in [0.25, 0.3) is 0 Å². The summed E-state index contributed by atoms with van der Waals surface area (Å²) >= 11 is 0. The van der Waals surface area contributed by atoms with Crippen molar-refractivity contribution in [1.29, 1.82) is 0 Å². The van der Waals surface area contributed by atoms with Gasteiger partial charge in [0.15, 0.2) is 0 Å². The van der Waals surface area contributed by atoms with Crippen LogP contribution in [0, 0.1) is 5.92 Å². The van der Waals surface area contributed by atoms with Gasteiger partial charge in [0.25, 0.3) is 5.91 Å². The lowest BCUT2D eigenvalue weighted by Crippen LogP contribution is -2.35. The average molecular weight is 262 g/mol. The van der Waals surface area contributed by atoms with Crippen molar-refractivity contribution in [1.82, 2.24) is 9.88 Å². The number of aromatic nitrogens is 1. The number of carbonyl (C=O) groups excluding carboxylic acids is 1. The van der Waals surface area contributed by atoms with Crippen LogP contribution < -0.4 is 11.3 Å². The number of hydrogen-bond donors (Lipinski definition) is 2. The summed E-state index contributed by atoms with van der Waals surface area (Å²) in [7, 11) is 0. The van der Waals surface area contributed by atoms with Crippen molar-refractivity contribution in [3.05, 3.63) is 23.9 Å². The third kappa shape index (κ3) is 3.67. The maximum atomic E-state index is 12.5. The van der Waals surface area contributed by atoms with E-state index < -0.39 is 0 Å². The highest BCUT2D eigenvalue weighted by atomic mass is 16.2. The van der Waals surface area contributed by atoms with Gasteiger partial charge < -0.3 is 10.3 Å². The molecule has 3 N–H and O–H groups in total. The van der Waals surface area contributed by atoms with Gasteiger partial charge in [0.2, 0.25) is 0 Å². The van der Waals surface area contributed by atoms with Gasteiger partial charge in [-0.3, -0.25) is 4.79 Å². The largest absolute Gasteiger partial charge is 0.334 e. The molecule has 5 nitrogen and oxygen atoms in total. The zero-order valence-electron chi connectivity index (χ0n) is 11.6. The minimum atomic E-state index is 0.0141. The van der Waals surface area contributed by atoms with Gasteiger partial charge >= 0.3 is 0 Å². The maximum absolute atomic E-state index is 12.5. The summed E-state index contributed by atoms with van der Waals surface area (Å²) in [5, 5.41) is 0. The van der Waals surface area contributed by atoms with E-state index >= 15 is 0 Å². The predicted molar refractivity (Wildman–Crippen MR) is 75.6 cm³/mol. The molecule has 1 aromatic heterocycles. The molecular weight excluding hydrogens is 240 g/mol. The molecule has 5 heteroatoms. The first-order valence-corrected chi connectivity index (χ1v) is 6.86. The van der Waals surface area contributed by atoms with E-state index in [-0.39, 0.29) is 5.91 Å². The Bertz CT molecular complexity index is 443. The smallest absolute Gasteiger partial charge is 0.272 e. The van der Waals surface area contributed by atoms with Gasteiger partial charge in [0, 0.05) is 12.6 Å². The Labute approximate surface area is 114 Å². The Kier molecular flexibility index (Phi) is 4.37. The van der Waals surface area contributed by atoms with Crippen molar-refractivity contribution in [2.45, 2.75) is 39.2 Å². The highest BCUT2D eigenvalue weighted by molar-refractivity contribution is 5.93. The molecule has 1 amide bonds. The number of anilines is 1. The molecule has 1 fully saturated rings. The van der Waals surface area contributed by atoms with Crippen molar-refractivity contribution in [3.8, 4) is 0 Å². The topological polar surface area (TPSA) is 71.2 Å². The summed E-state index contributed by atoms with van der Waals surface area (Å²) in [5.41, 5.74) is 2.94. The number of amides is 1. The quantitative estimate of drug-likeness (QED) is 0.608. The fourth-order valence-corrected chi connectivity index (χ4v) is 2.01. The molecule has 1 aliphatic carbocycles. The first-order valence-electron chi connectivity index (χ1n) is 6.86. The third-order valence-electron chi connectivity index (χ3n) is 3.31. The molecule has 0 saturated heterocycles. The minimum Gasteiger partial charge on any atom is -0.334 e. The maximum Gasteiger partial charge on any atom is 0.272 e. The Balaban J connectivity index is 2.09. The van der Waals surface area contributed by atoms with E-state index in [0.29, 0.717) is 23.5 Å². The summed E-state index contributed by atoms with van der Waals surface area (Å²) in [6.45, 7) is 5.16. The number of hydrogen-bond acceptors (Lipinski definition) is 4. The molecule has 19 heavy (non-hydrogen) atoms. The lowest BCUT2D eigenvalue weighted by Gasteiger charge is -2.23. The summed E-state index contributed by atoms with van der Waals surface area (Å²) in [4.78, 5) is 18.7. The van der Waals surface area contributed by atoms with E-state index in [1.807, 2.05) is 4.90 Å². The van der Waals surface area contributed by atoms with Gasteiger partial charge in [-0.1, -0.05) is 19.9 Å². The van der Waals surface area contributed by atoms with Crippen molar-refractivity contribution < 1.29 is 4.79 Å². The molecule has 0 unspecified atom stereocenters. The molecule has 0 bridgehead atoms. The summed E-state index contributed by atoms with van der Waals surface area (Å²) in [6.07, 6.45) is 3.24. The molecule has 1 heterocycles. The van der Waals surface area contributed by atoms with Crippen LogP contribution in [0.5, 0.6) is 0 Å². The zero-order chi connectivity index (χ0) is 13.8. The highest BCUT2D eigenvalue weighted by Crippen LogP contribution is 2.28. The molecule has 1 aliphatic rings. The van der Waals surface area contributed by atoms with Crippen LogP contribution in [0.3, 0.4) is 0 Å². The number of hydrazine groups is 1. The number of rotatable bonds is 6. The normalized spacial score (nSPS) is 14.5. The van der Waals surface area contributed by atoms with Crippen LogP contribution >= 0.6 is 0 Å². The second kappa shape index (κ2) is 6.02. The predicted octanol–water partition coefficient (Wildman–Crippen LogP) is 2.02. The average Bonchev–Trinajstić information content (AvgIpc) is 3.23. The first-order chi connectivity index (χ1) is 9.11. The lowest BCUT2D eigenvalue weighted by atomic mass is 10.1. The van der Waals surface area contributed by atoms with E-state index in [0.717, 1.165) is 25.8 Å².